The van der Waals surface area contributed by atoms with E-state index in [1.165, 1.54) is 28.6 Å². The molecule has 3 atom stereocenters. The van der Waals surface area contributed by atoms with Crippen molar-refractivity contribution >= 4 is 15.9 Å². The molecule has 2 aromatic rings. The fraction of sp³-hybridized carbons (Fsp3) is 0.364. The minimum atomic E-state index is -3.69. The SMILES string of the molecule is CC1CC(C)CN(S(=O)(=O)c2ccc(C(=O)NC(C#N)c3ccc(F)cc3F)cc2)C1. The zero-order valence-electron chi connectivity index (χ0n) is 17.2. The van der Waals surface area contributed by atoms with Crippen LogP contribution in [0.3, 0.4) is 0 Å². The number of nitriles is 1. The molecule has 2 aromatic carbocycles. The lowest BCUT2D eigenvalue weighted by molar-refractivity contribution is 0.0944. The summed E-state index contributed by atoms with van der Waals surface area (Å²) in [6.07, 6.45) is 0.972. The first-order valence-corrected chi connectivity index (χ1v) is 11.3. The molecule has 0 spiro atoms. The number of amides is 1. The van der Waals surface area contributed by atoms with Crippen LogP contribution in [-0.4, -0.2) is 31.7 Å². The Kier molecular flexibility index (Phi) is 6.72. The number of benzene rings is 2. The number of halogens is 2. The Morgan fingerprint density at radius 1 is 1.13 bits per heavy atom. The van der Waals surface area contributed by atoms with Gasteiger partial charge in [-0.2, -0.15) is 9.57 Å². The Labute approximate surface area is 180 Å². The van der Waals surface area contributed by atoms with Crippen LogP contribution < -0.4 is 5.32 Å². The Balaban J connectivity index is 1.76. The Morgan fingerprint density at radius 3 is 2.29 bits per heavy atom. The van der Waals surface area contributed by atoms with Crippen LogP contribution >= 0.6 is 0 Å². The van der Waals surface area contributed by atoms with Crippen LogP contribution in [0, 0.1) is 34.8 Å². The Hall–Kier alpha value is -2.83. The van der Waals surface area contributed by atoms with Crippen LogP contribution in [0.1, 0.15) is 42.2 Å². The minimum absolute atomic E-state index is 0.0757. The highest BCUT2D eigenvalue weighted by Gasteiger charge is 2.31. The predicted octanol–water partition coefficient (Wildman–Crippen LogP) is 3.63. The molecule has 3 unspecified atom stereocenters. The molecule has 0 radical (unpaired) electrons. The number of rotatable bonds is 5. The van der Waals surface area contributed by atoms with E-state index in [1.54, 1.807) is 6.07 Å². The molecule has 1 saturated heterocycles. The summed E-state index contributed by atoms with van der Waals surface area (Å²) >= 11 is 0. The molecule has 6 nitrogen and oxygen atoms in total. The summed E-state index contributed by atoms with van der Waals surface area (Å²) in [6, 6.07) is 8.53. The second-order valence-corrected chi connectivity index (χ2v) is 9.93. The first kappa shape index (κ1) is 22.8. The zero-order valence-corrected chi connectivity index (χ0v) is 18.0. The molecule has 0 saturated carbocycles. The van der Waals surface area contributed by atoms with E-state index in [0.717, 1.165) is 18.6 Å². The standard InChI is InChI=1S/C22H23F2N3O3S/c1-14-9-15(2)13-27(12-14)31(29,30)18-6-3-16(4-7-18)22(28)26-21(11-25)19-8-5-17(23)10-20(19)24/h3-8,10,14-15,21H,9,12-13H2,1-2H3,(H,26,28). The highest BCUT2D eigenvalue weighted by molar-refractivity contribution is 7.89. The number of hydrogen-bond acceptors (Lipinski definition) is 4. The molecule has 1 amide bonds. The molecule has 0 bridgehead atoms. The van der Waals surface area contributed by atoms with Gasteiger partial charge >= 0.3 is 0 Å². The van der Waals surface area contributed by atoms with Crippen molar-refractivity contribution < 1.29 is 22.0 Å². The van der Waals surface area contributed by atoms with Gasteiger partial charge in [0.25, 0.3) is 5.91 Å². The summed E-state index contributed by atoms with van der Waals surface area (Å²) in [7, 11) is -3.69. The highest BCUT2D eigenvalue weighted by atomic mass is 32.2. The van der Waals surface area contributed by atoms with Gasteiger partial charge in [0.1, 0.15) is 17.7 Å². The van der Waals surface area contributed by atoms with E-state index in [1.807, 2.05) is 13.8 Å². The topological polar surface area (TPSA) is 90.3 Å². The fourth-order valence-corrected chi connectivity index (χ4v) is 5.54. The molecule has 1 N–H and O–H groups in total. The van der Waals surface area contributed by atoms with E-state index in [4.69, 9.17) is 0 Å². The molecule has 31 heavy (non-hydrogen) atoms. The summed E-state index contributed by atoms with van der Waals surface area (Å²) in [5.41, 5.74) is -0.0492. The van der Waals surface area contributed by atoms with Gasteiger partial charge < -0.3 is 5.32 Å². The highest BCUT2D eigenvalue weighted by Crippen LogP contribution is 2.27. The lowest BCUT2D eigenvalue weighted by Crippen LogP contribution is -2.42. The third-order valence-corrected chi connectivity index (χ3v) is 7.11. The van der Waals surface area contributed by atoms with E-state index in [9.17, 15) is 27.3 Å². The molecule has 1 aliphatic heterocycles. The van der Waals surface area contributed by atoms with Gasteiger partial charge in [-0.05, 0) is 48.6 Å². The van der Waals surface area contributed by atoms with Gasteiger partial charge in [0.15, 0.2) is 0 Å². The van der Waals surface area contributed by atoms with Crippen LogP contribution in [-0.2, 0) is 10.0 Å². The van der Waals surface area contributed by atoms with Crippen LogP contribution in [0.2, 0.25) is 0 Å². The lowest BCUT2D eigenvalue weighted by atomic mass is 9.94. The summed E-state index contributed by atoms with van der Waals surface area (Å²) < 4.78 is 54.4. The van der Waals surface area contributed by atoms with Gasteiger partial charge in [0, 0.05) is 30.3 Å². The number of hydrogen-bond donors (Lipinski definition) is 1. The van der Waals surface area contributed by atoms with E-state index in [2.05, 4.69) is 5.32 Å². The Bertz CT molecular complexity index is 1100. The molecule has 9 heteroatoms. The molecular weight excluding hydrogens is 424 g/mol. The monoisotopic (exact) mass is 447 g/mol. The minimum Gasteiger partial charge on any atom is -0.332 e. The first-order chi connectivity index (χ1) is 14.6. The van der Waals surface area contributed by atoms with Gasteiger partial charge in [-0.3, -0.25) is 4.79 Å². The average Bonchev–Trinajstić information content (AvgIpc) is 2.71. The maximum Gasteiger partial charge on any atom is 0.252 e. The largest absolute Gasteiger partial charge is 0.332 e. The molecule has 0 aliphatic carbocycles. The van der Waals surface area contributed by atoms with E-state index in [0.29, 0.717) is 19.2 Å². The van der Waals surface area contributed by atoms with Crippen molar-refractivity contribution in [1.82, 2.24) is 9.62 Å². The molecule has 1 fully saturated rings. The van der Waals surface area contributed by atoms with Crippen molar-refractivity contribution in [2.75, 3.05) is 13.1 Å². The summed E-state index contributed by atoms with van der Waals surface area (Å²) in [4.78, 5) is 12.6. The number of piperidine rings is 1. The van der Waals surface area contributed by atoms with E-state index >= 15 is 0 Å². The summed E-state index contributed by atoms with van der Waals surface area (Å²) in [5.74, 6) is -1.90. The summed E-state index contributed by atoms with van der Waals surface area (Å²) in [6.45, 7) is 4.92. The van der Waals surface area contributed by atoms with Crippen LogP contribution in [0.4, 0.5) is 8.78 Å². The van der Waals surface area contributed by atoms with Crippen LogP contribution in [0.5, 0.6) is 0 Å². The lowest BCUT2D eigenvalue weighted by Gasteiger charge is -2.34. The molecule has 3 rings (SSSR count). The predicted molar refractivity (Wildman–Crippen MR) is 110 cm³/mol. The van der Waals surface area contributed by atoms with Crippen molar-refractivity contribution in [3.63, 3.8) is 0 Å². The Morgan fingerprint density at radius 2 is 1.74 bits per heavy atom. The number of carbonyl (C=O) groups is 1. The molecule has 1 aliphatic rings. The third kappa shape index (κ3) is 5.09. The first-order valence-electron chi connectivity index (χ1n) is 9.87. The fourth-order valence-electron chi connectivity index (χ4n) is 3.86. The van der Waals surface area contributed by atoms with Gasteiger partial charge in [-0.25, -0.2) is 17.2 Å². The number of nitrogens with one attached hydrogen (secondary N) is 1. The van der Waals surface area contributed by atoms with Gasteiger partial charge in [-0.1, -0.05) is 19.9 Å². The molecule has 1 heterocycles. The number of carbonyl (C=O) groups excluding carboxylic acids is 1. The van der Waals surface area contributed by atoms with Gasteiger partial charge in [-0.15, -0.1) is 0 Å². The average molecular weight is 448 g/mol. The second kappa shape index (κ2) is 9.12. The van der Waals surface area contributed by atoms with Crippen molar-refractivity contribution in [2.45, 2.75) is 31.2 Å². The van der Waals surface area contributed by atoms with Crippen LogP contribution in [0.15, 0.2) is 47.4 Å². The molecule has 164 valence electrons. The maximum atomic E-state index is 13.9. The second-order valence-electron chi connectivity index (χ2n) is 7.99. The van der Waals surface area contributed by atoms with Crippen molar-refractivity contribution in [3.8, 4) is 6.07 Å². The van der Waals surface area contributed by atoms with E-state index in [-0.39, 0.29) is 27.9 Å². The maximum absolute atomic E-state index is 13.9. The summed E-state index contributed by atoms with van der Waals surface area (Å²) in [5, 5.41) is 11.7. The number of nitrogens with zero attached hydrogens (tertiary/aromatic N) is 2. The zero-order chi connectivity index (χ0) is 22.8. The molecular formula is C22H23F2N3O3S. The quantitative estimate of drug-likeness (QED) is 0.758. The van der Waals surface area contributed by atoms with Crippen molar-refractivity contribution in [1.29, 1.82) is 5.26 Å². The van der Waals surface area contributed by atoms with E-state index < -0.39 is 33.6 Å². The molecule has 0 aromatic heterocycles. The number of sulfonamides is 1. The van der Waals surface area contributed by atoms with Crippen LogP contribution in [0.25, 0.3) is 0 Å². The van der Waals surface area contributed by atoms with Crippen molar-refractivity contribution in [3.05, 3.63) is 65.2 Å². The van der Waals surface area contributed by atoms with Gasteiger partial charge in [0.05, 0.1) is 11.0 Å². The van der Waals surface area contributed by atoms with Crippen molar-refractivity contribution in [2.24, 2.45) is 11.8 Å². The third-order valence-electron chi connectivity index (χ3n) is 5.27. The smallest absolute Gasteiger partial charge is 0.252 e. The normalized spacial score (nSPS) is 20.6. The van der Waals surface area contributed by atoms with Gasteiger partial charge in [0.2, 0.25) is 10.0 Å².